The van der Waals surface area contributed by atoms with Crippen molar-refractivity contribution in [3.8, 4) is 0 Å². The fourth-order valence-corrected chi connectivity index (χ4v) is 0. The highest BCUT2D eigenvalue weighted by molar-refractivity contribution is 7.96. The van der Waals surface area contributed by atoms with Crippen LogP contribution in [-0.2, 0) is 11.8 Å². The third kappa shape index (κ3) is 4.65. The molecule has 0 nitrogen and oxygen atoms in total. The average Bonchev–Trinajstić information content (AvgIpc) is 1.38. The zero-order valence-corrected chi connectivity index (χ0v) is 5.53. The molecule has 32 valence electrons. The highest BCUT2D eigenvalue weighted by Crippen LogP contribution is 2.00. The molecule has 0 N–H and O–H groups in total. The summed E-state index contributed by atoms with van der Waals surface area (Å²) in [6, 6.07) is 0. The molecule has 0 aliphatic rings. The lowest BCUT2D eigenvalue weighted by Crippen LogP contribution is -1.72. The zero-order chi connectivity index (χ0) is 4.28. The Morgan fingerprint density at radius 1 is 1.60 bits per heavy atom. The fraction of sp³-hybridized carbons (Fsp3) is 1.00. The molecule has 0 spiro atoms. The molecule has 0 aromatic carbocycles. The van der Waals surface area contributed by atoms with Crippen molar-refractivity contribution in [2.75, 3.05) is 0 Å². The summed E-state index contributed by atoms with van der Waals surface area (Å²) in [4.78, 5) is 0. The van der Waals surface area contributed by atoms with Crippen LogP contribution in [0.4, 0.5) is 0 Å². The maximum atomic E-state index is 4.76. The number of rotatable bonds is 1. The molecule has 1 unspecified atom stereocenters. The van der Waals surface area contributed by atoms with Gasteiger partial charge in [-0.1, -0.05) is 21.2 Å². The van der Waals surface area contributed by atoms with E-state index in [1.54, 1.807) is 0 Å². The first kappa shape index (κ1) is 5.65. The van der Waals surface area contributed by atoms with Gasteiger partial charge >= 0.3 is 0 Å². The smallest absolute Gasteiger partial charge is 0.0226 e. The van der Waals surface area contributed by atoms with E-state index in [1.165, 1.54) is 0 Å². The molecule has 1 atom stereocenters. The predicted molar refractivity (Wildman–Crippen MR) is 32.2 cm³/mol. The fourth-order valence-electron chi connectivity index (χ4n) is 0. The van der Waals surface area contributed by atoms with Gasteiger partial charge in [-0.05, 0) is 5.66 Å². The van der Waals surface area contributed by atoms with Gasteiger partial charge in [0.25, 0.3) is 0 Å². The van der Waals surface area contributed by atoms with Crippen LogP contribution >= 0.6 is 7.36 Å². The van der Waals surface area contributed by atoms with Crippen LogP contribution in [-0.4, -0.2) is 5.66 Å². The average molecular weight is 108 g/mol. The van der Waals surface area contributed by atoms with Crippen molar-refractivity contribution in [3.05, 3.63) is 0 Å². The Labute approximate surface area is 39.4 Å². The maximum Gasteiger partial charge on any atom is -0.0226 e. The standard InChI is InChI=1S/C3H9PS/c1-3(2)4-5/h3H,4H2,1-2H3. The van der Waals surface area contributed by atoms with Gasteiger partial charge in [-0.25, -0.2) is 0 Å². The molecule has 0 rings (SSSR count). The summed E-state index contributed by atoms with van der Waals surface area (Å²) in [6.07, 6.45) is 0. The Bertz CT molecular complexity index is 33.9. The van der Waals surface area contributed by atoms with Gasteiger partial charge < -0.3 is 0 Å². The maximum absolute atomic E-state index is 4.76. The molecule has 0 radical (unpaired) electrons. The first-order valence-electron chi connectivity index (χ1n) is 1.72. The van der Waals surface area contributed by atoms with E-state index in [0.29, 0.717) is 7.36 Å². The lowest BCUT2D eigenvalue weighted by molar-refractivity contribution is 1.12. The minimum absolute atomic E-state index is 0.315. The Hall–Kier alpha value is 0.650. The van der Waals surface area contributed by atoms with E-state index in [9.17, 15) is 0 Å². The molecule has 0 saturated heterocycles. The molecular formula is C3H9PS. The third-order valence-electron chi connectivity index (χ3n) is 0.272. The van der Waals surface area contributed by atoms with Crippen molar-refractivity contribution < 1.29 is 0 Å². The van der Waals surface area contributed by atoms with Crippen LogP contribution < -0.4 is 0 Å². The Kier molecular flexibility index (Phi) is 3.24. The summed E-state index contributed by atoms with van der Waals surface area (Å²) in [5.74, 6) is 0. The molecule has 0 bridgehead atoms. The molecule has 0 saturated carbocycles. The van der Waals surface area contributed by atoms with Gasteiger partial charge in [-0.2, -0.15) is 0 Å². The summed E-state index contributed by atoms with van der Waals surface area (Å²) in [5, 5.41) is 0. The molecule has 0 aliphatic carbocycles. The summed E-state index contributed by atoms with van der Waals surface area (Å²) < 4.78 is 0. The van der Waals surface area contributed by atoms with Crippen molar-refractivity contribution in [3.63, 3.8) is 0 Å². The largest absolute Gasteiger partial charge is 0.104 e. The molecule has 0 aromatic rings. The van der Waals surface area contributed by atoms with E-state index in [2.05, 4.69) is 13.8 Å². The van der Waals surface area contributed by atoms with Crippen molar-refractivity contribution in [2.45, 2.75) is 19.5 Å². The van der Waals surface area contributed by atoms with Crippen LogP contribution in [0.5, 0.6) is 0 Å². The molecule has 0 amide bonds. The second kappa shape index (κ2) is 2.87. The number of hydrogen-bond acceptors (Lipinski definition) is 1. The minimum atomic E-state index is 0.315. The van der Waals surface area contributed by atoms with Crippen molar-refractivity contribution in [1.29, 1.82) is 0 Å². The van der Waals surface area contributed by atoms with Crippen molar-refractivity contribution in [1.82, 2.24) is 0 Å². The topological polar surface area (TPSA) is 0 Å². The molecule has 5 heavy (non-hydrogen) atoms. The van der Waals surface area contributed by atoms with Crippen LogP contribution in [0, 0.1) is 0 Å². The minimum Gasteiger partial charge on any atom is -0.104 e. The summed E-state index contributed by atoms with van der Waals surface area (Å²) in [7, 11) is 0.315. The number of hydrogen-bond donors (Lipinski definition) is 0. The molecule has 0 aromatic heterocycles. The lowest BCUT2D eigenvalue weighted by Gasteiger charge is -1.83. The Morgan fingerprint density at radius 3 is 1.80 bits per heavy atom. The van der Waals surface area contributed by atoms with E-state index in [0.717, 1.165) is 5.66 Å². The second-order valence-electron chi connectivity index (χ2n) is 1.38. The third-order valence-corrected chi connectivity index (χ3v) is 2.45. The van der Waals surface area contributed by atoms with Gasteiger partial charge in [0.2, 0.25) is 0 Å². The van der Waals surface area contributed by atoms with Crippen LogP contribution in [0.15, 0.2) is 0 Å². The van der Waals surface area contributed by atoms with Gasteiger partial charge in [0.15, 0.2) is 0 Å². The van der Waals surface area contributed by atoms with Gasteiger partial charge in [0, 0.05) is 0 Å². The van der Waals surface area contributed by atoms with Crippen LogP contribution in [0.2, 0.25) is 0 Å². The molecule has 2 heteroatoms. The Morgan fingerprint density at radius 2 is 1.80 bits per heavy atom. The Balaban J connectivity index is 2.83. The highest BCUT2D eigenvalue weighted by atomic mass is 32.4. The highest BCUT2D eigenvalue weighted by Gasteiger charge is 1.74. The monoisotopic (exact) mass is 108 g/mol. The van der Waals surface area contributed by atoms with Crippen LogP contribution in [0.1, 0.15) is 13.8 Å². The quantitative estimate of drug-likeness (QED) is 0.456. The summed E-state index contributed by atoms with van der Waals surface area (Å²) in [5.41, 5.74) is 0.782. The lowest BCUT2D eigenvalue weighted by atomic mass is 10.6. The molecule has 0 fully saturated rings. The normalized spacial score (nSPS) is 11.8. The predicted octanol–water partition coefficient (Wildman–Crippen LogP) is 1.27. The van der Waals surface area contributed by atoms with E-state index in [4.69, 9.17) is 11.8 Å². The van der Waals surface area contributed by atoms with E-state index in [-0.39, 0.29) is 0 Å². The van der Waals surface area contributed by atoms with Gasteiger partial charge in [-0.3, -0.25) is 0 Å². The van der Waals surface area contributed by atoms with E-state index < -0.39 is 0 Å². The summed E-state index contributed by atoms with van der Waals surface area (Å²) >= 11 is 4.76. The van der Waals surface area contributed by atoms with Gasteiger partial charge in [0.1, 0.15) is 0 Å². The first-order chi connectivity index (χ1) is 2.27. The SMILES string of the molecule is CC(C)[PH2]=S. The molecule has 0 aliphatic heterocycles. The van der Waals surface area contributed by atoms with Crippen molar-refractivity contribution >= 4 is 19.2 Å². The van der Waals surface area contributed by atoms with E-state index in [1.807, 2.05) is 0 Å². The van der Waals surface area contributed by atoms with Crippen LogP contribution in [0.3, 0.4) is 0 Å². The van der Waals surface area contributed by atoms with Crippen LogP contribution in [0.25, 0.3) is 0 Å². The van der Waals surface area contributed by atoms with Gasteiger partial charge in [0.05, 0.1) is 0 Å². The summed E-state index contributed by atoms with van der Waals surface area (Å²) in [6.45, 7) is 4.31. The second-order valence-corrected chi connectivity index (χ2v) is 3.80. The first-order valence-corrected chi connectivity index (χ1v) is 4.28. The molecular weight excluding hydrogens is 99.1 g/mol. The van der Waals surface area contributed by atoms with Crippen molar-refractivity contribution in [2.24, 2.45) is 0 Å². The van der Waals surface area contributed by atoms with E-state index >= 15 is 0 Å². The molecule has 0 heterocycles. The zero-order valence-electron chi connectivity index (χ0n) is 3.56. The van der Waals surface area contributed by atoms with Gasteiger partial charge in [-0.15, -0.1) is 11.8 Å².